The van der Waals surface area contributed by atoms with Crippen LogP contribution in [0.2, 0.25) is 0 Å². The van der Waals surface area contributed by atoms with Crippen LogP contribution >= 0.6 is 0 Å². The lowest BCUT2D eigenvalue weighted by atomic mass is 10.2. The smallest absolute Gasteiger partial charge is 0.263 e. The van der Waals surface area contributed by atoms with E-state index >= 15 is 0 Å². The van der Waals surface area contributed by atoms with E-state index < -0.39 is 19.9 Å². The lowest BCUT2D eigenvalue weighted by Gasteiger charge is -2.11. The van der Waals surface area contributed by atoms with E-state index in [4.69, 9.17) is 4.42 Å². The van der Waals surface area contributed by atoms with Gasteiger partial charge in [-0.1, -0.05) is 24.3 Å². The molecule has 1 N–H and O–H groups in total. The fourth-order valence-electron chi connectivity index (χ4n) is 2.28. The molecule has 0 radical (unpaired) electrons. The third-order valence-electron chi connectivity index (χ3n) is 3.37. The summed E-state index contributed by atoms with van der Waals surface area (Å²) in [5.74, 6) is 0.484. The van der Waals surface area contributed by atoms with Gasteiger partial charge in [-0.3, -0.25) is 4.72 Å². The van der Waals surface area contributed by atoms with Crippen LogP contribution in [0.15, 0.2) is 75.3 Å². The third-order valence-corrected chi connectivity index (χ3v) is 6.09. The van der Waals surface area contributed by atoms with Crippen LogP contribution in [-0.4, -0.2) is 28.1 Å². The van der Waals surface area contributed by atoms with Crippen molar-refractivity contribution in [1.29, 1.82) is 0 Å². The lowest BCUT2D eigenvalue weighted by molar-refractivity contribution is 0.572. The predicted molar refractivity (Wildman–Crippen MR) is 92.3 cm³/mol. The van der Waals surface area contributed by atoms with Crippen molar-refractivity contribution >= 4 is 25.5 Å². The first-order chi connectivity index (χ1) is 11.8. The molecule has 25 heavy (non-hydrogen) atoms. The van der Waals surface area contributed by atoms with Gasteiger partial charge in [0.05, 0.1) is 11.1 Å². The molecule has 2 aromatic carbocycles. The van der Waals surface area contributed by atoms with Crippen molar-refractivity contribution < 1.29 is 21.3 Å². The minimum Gasteiger partial charge on any atom is -0.444 e. The zero-order valence-corrected chi connectivity index (χ0v) is 14.7. The zero-order chi connectivity index (χ0) is 18.1. The fraction of sp³-hybridized carbons (Fsp3) is 0.0625. The van der Waals surface area contributed by atoms with Gasteiger partial charge in [0.1, 0.15) is 4.90 Å². The second-order valence-corrected chi connectivity index (χ2v) is 8.91. The largest absolute Gasteiger partial charge is 0.444 e. The van der Waals surface area contributed by atoms with Crippen molar-refractivity contribution in [3.8, 4) is 11.3 Å². The van der Waals surface area contributed by atoms with Crippen LogP contribution in [0.1, 0.15) is 0 Å². The molecule has 0 fully saturated rings. The van der Waals surface area contributed by atoms with Gasteiger partial charge in [-0.2, -0.15) is 0 Å². The summed E-state index contributed by atoms with van der Waals surface area (Å²) in [6.45, 7) is 0. The van der Waals surface area contributed by atoms with E-state index in [1.165, 1.54) is 36.9 Å². The molecule has 3 rings (SSSR count). The van der Waals surface area contributed by atoms with Crippen molar-refractivity contribution in [3.05, 3.63) is 61.1 Å². The van der Waals surface area contributed by atoms with Crippen LogP contribution in [0.4, 0.5) is 5.69 Å². The van der Waals surface area contributed by atoms with E-state index in [0.29, 0.717) is 11.3 Å². The summed E-state index contributed by atoms with van der Waals surface area (Å²) < 4.78 is 56.6. The maximum Gasteiger partial charge on any atom is 0.263 e. The van der Waals surface area contributed by atoms with E-state index in [0.717, 1.165) is 6.26 Å². The predicted octanol–water partition coefficient (Wildman–Crippen LogP) is 2.55. The van der Waals surface area contributed by atoms with E-state index in [1.807, 2.05) is 0 Å². The minimum absolute atomic E-state index is 0.256. The third kappa shape index (κ3) is 3.72. The Kier molecular flexibility index (Phi) is 4.36. The number of benzene rings is 2. The summed E-state index contributed by atoms with van der Waals surface area (Å²) >= 11 is 0. The van der Waals surface area contributed by atoms with Crippen molar-refractivity contribution in [2.75, 3.05) is 11.0 Å². The molecule has 1 aromatic heterocycles. The summed E-state index contributed by atoms with van der Waals surface area (Å²) in [5, 5.41) is 0. The molecule has 0 unspecified atom stereocenters. The number of rotatable bonds is 5. The molecule has 130 valence electrons. The lowest BCUT2D eigenvalue weighted by Crippen LogP contribution is -2.16. The Labute approximate surface area is 145 Å². The van der Waals surface area contributed by atoms with Gasteiger partial charge in [-0.15, -0.1) is 0 Å². The highest BCUT2D eigenvalue weighted by Crippen LogP contribution is 2.26. The molecule has 7 nitrogen and oxygen atoms in total. The minimum atomic E-state index is -4.09. The van der Waals surface area contributed by atoms with Crippen LogP contribution in [0.5, 0.6) is 0 Å². The van der Waals surface area contributed by atoms with Crippen molar-refractivity contribution in [2.45, 2.75) is 9.79 Å². The molecule has 0 atom stereocenters. The van der Waals surface area contributed by atoms with E-state index in [1.54, 1.807) is 24.3 Å². The number of nitrogens with zero attached hydrogens (tertiary/aromatic N) is 1. The first kappa shape index (κ1) is 17.2. The number of anilines is 1. The van der Waals surface area contributed by atoms with Crippen LogP contribution in [0.3, 0.4) is 0 Å². The molecular formula is C16H14N2O5S2. The van der Waals surface area contributed by atoms with Gasteiger partial charge in [-0.25, -0.2) is 21.8 Å². The molecule has 0 saturated heterocycles. The Morgan fingerprint density at radius 2 is 1.68 bits per heavy atom. The Balaban J connectivity index is 2.00. The van der Waals surface area contributed by atoms with E-state index in [2.05, 4.69) is 9.71 Å². The Hall–Kier alpha value is -2.65. The van der Waals surface area contributed by atoms with Crippen molar-refractivity contribution in [3.63, 3.8) is 0 Å². The average molecular weight is 378 g/mol. The molecule has 0 aliphatic heterocycles. The monoisotopic (exact) mass is 378 g/mol. The normalized spacial score (nSPS) is 12.0. The van der Waals surface area contributed by atoms with Gasteiger partial charge in [0, 0.05) is 17.5 Å². The van der Waals surface area contributed by atoms with Gasteiger partial charge < -0.3 is 4.42 Å². The summed E-state index contributed by atoms with van der Waals surface area (Å²) in [6, 6.07) is 12.0. The average Bonchev–Trinajstić information content (AvgIpc) is 3.08. The molecular weight excluding hydrogens is 364 g/mol. The second-order valence-electron chi connectivity index (χ2n) is 5.27. The number of sulfone groups is 1. The number of nitrogens with one attached hydrogen (secondary N) is 1. The van der Waals surface area contributed by atoms with Crippen LogP contribution < -0.4 is 4.72 Å². The number of oxazole rings is 1. The highest BCUT2D eigenvalue weighted by atomic mass is 32.2. The van der Waals surface area contributed by atoms with Crippen molar-refractivity contribution in [1.82, 2.24) is 4.98 Å². The number of hydrogen-bond donors (Lipinski definition) is 1. The van der Waals surface area contributed by atoms with Crippen LogP contribution in [0, 0.1) is 0 Å². The molecule has 0 aliphatic rings. The molecule has 0 saturated carbocycles. The molecule has 0 amide bonds. The number of sulfonamides is 1. The zero-order valence-electron chi connectivity index (χ0n) is 13.1. The van der Waals surface area contributed by atoms with Crippen LogP contribution in [0.25, 0.3) is 11.3 Å². The standard InChI is InChI=1S/C16H14N2O5S2/c1-24(19,20)15-7-2-3-8-16(15)25(21,22)18-13-6-4-5-12(9-13)14-10-17-11-23-14/h2-11,18H,1H3. The van der Waals surface area contributed by atoms with E-state index in [9.17, 15) is 16.8 Å². The first-order valence-corrected chi connectivity index (χ1v) is 10.5. The second kappa shape index (κ2) is 6.34. The highest BCUT2D eigenvalue weighted by Gasteiger charge is 2.23. The van der Waals surface area contributed by atoms with Gasteiger partial charge in [-0.05, 0) is 24.3 Å². The van der Waals surface area contributed by atoms with Gasteiger partial charge in [0.15, 0.2) is 22.0 Å². The topological polar surface area (TPSA) is 106 Å². The van der Waals surface area contributed by atoms with E-state index in [-0.39, 0.29) is 15.5 Å². The highest BCUT2D eigenvalue weighted by molar-refractivity contribution is 7.95. The Bertz CT molecular complexity index is 1100. The maximum atomic E-state index is 12.7. The summed E-state index contributed by atoms with van der Waals surface area (Å²) in [5.41, 5.74) is 0.909. The summed E-state index contributed by atoms with van der Waals surface area (Å²) in [4.78, 5) is 3.26. The molecule has 9 heteroatoms. The number of hydrogen-bond acceptors (Lipinski definition) is 6. The van der Waals surface area contributed by atoms with Gasteiger partial charge in [0.25, 0.3) is 10.0 Å². The summed E-state index contributed by atoms with van der Waals surface area (Å²) in [6.07, 6.45) is 3.74. The molecule has 1 heterocycles. The van der Waals surface area contributed by atoms with Crippen LogP contribution in [-0.2, 0) is 19.9 Å². The summed E-state index contributed by atoms with van der Waals surface area (Å²) in [7, 11) is -7.78. The maximum absolute atomic E-state index is 12.7. The quantitative estimate of drug-likeness (QED) is 0.731. The SMILES string of the molecule is CS(=O)(=O)c1ccccc1S(=O)(=O)Nc1cccc(-c2cnco2)c1. The van der Waals surface area contributed by atoms with Gasteiger partial charge in [0.2, 0.25) is 0 Å². The van der Waals surface area contributed by atoms with Gasteiger partial charge >= 0.3 is 0 Å². The van der Waals surface area contributed by atoms with Crippen molar-refractivity contribution in [2.24, 2.45) is 0 Å². The number of aromatic nitrogens is 1. The molecule has 3 aromatic rings. The fourth-order valence-corrected chi connectivity index (χ4v) is 4.96. The molecule has 0 aliphatic carbocycles. The molecule has 0 bridgehead atoms. The first-order valence-electron chi connectivity index (χ1n) is 7.08. The Morgan fingerprint density at radius 3 is 2.32 bits per heavy atom. The molecule has 0 spiro atoms. The Morgan fingerprint density at radius 1 is 0.960 bits per heavy atom.